The van der Waals surface area contributed by atoms with Crippen molar-refractivity contribution in [3.63, 3.8) is 0 Å². The minimum Gasteiger partial charge on any atom is -0.396 e. The van der Waals surface area contributed by atoms with Crippen molar-refractivity contribution in [2.24, 2.45) is 0 Å². The van der Waals surface area contributed by atoms with Crippen LogP contribution in [0.15, 0.2) is 18.2 Å². The van der Waals surface area contributed by atoms with Crippen LogP contribution in [-0.2, 0) is 0 Å². The number of ether oxygens (including phenoxy) is 2. The van der Waals surface area contributed by atoms with E-state index >= 15 is 0 Å². The van der Waals surface area contributed by atoms with Gasteiger partial charge in [-0.2, -0.15) is 0 Å². The van der Waals surface area contributed by atoms with E-state index in [1.165, 1.54) is 12.1 Å². The summed E-state index contributed by atoms with van der Waals surface area (Å²) < 4.78 is 34.2. The summed E-state index contributed by atoms with van der Waals surface area (Å²) in [5.74, 6) is 0.0891. The van der Waals surface area contributed by atoms with E-state index in [1.54, 1.807) is 6.07 Å². The van der Waals surface area contributed by atoms with Crippen LogP contribution in [0.3, 0.4) is 0 Å². The molecule has 1 aliphatic rings. The van der Waals surface area contributed by atoms with E-state index in [-0.39, 0.29) is 18.1 Å². The summed E-state index contributed by atoms with van der Waals surface area (Å²) in [4.78, 5) is 0. The first-order valence-corrected chi connectivity index (χ1v) is 5.85. The molecule has 0 bridgehead atoms. The molecule has 2 rings (SSSR count). The van der Waals surface area contributed by atoms with E-state index in [4.69, 9.17) is 5.11 Å². The SMILES string of the molecule is OCCCCCNc1ccc2c(c1)OC(F)(F)O2. The highest BCUT2D eigenvalue weighted by Crippen LogP contribution is 2.42. The number of unbranched alkanes of at least 4 members (excludes halogenated alkanes) is 2. The molecule has 0 saturated heterocycles. The standard InChI is InChI=1S/C12H15F2NO3/c13-12(14)17-10-5-4-9(8-11(10)18-12)15-6-2-1-3-7-16/h4-5,8,15-16H,1-3,6-7H2. The van der Waals surface area contributed by atoms with Gasteiger partial charge in [0.1, 0.15) is 0 Å². The fraction of sp³-hybridized carbons (Fsp3) is 0.500. The van der Waals surface area contributed by atoms with Crippen molar-refractivity contribution in [3.8, 4) is 11.5 Å². The Bertz CT molecular complexity index is 412. The number of benzene rings is 1. The monoisotopic (exact) mass is 259 g/mol. The first kappa shape index (κ1) is 12.9. The van der Waals surface area contributed by atoms with Gasteiger partial charge in [-0.1, -0.05) is 0 Å². The van der Waals surface area contributed by atoms with Gasteiger partial charge in [-0.05, 0) is 31.4 Å². The van der Waals surface area contributed by atoms with E-state index in [1.807, 2.05) is 0 Å². The highest BCUT2D eigenvalue weighted by atomic mass is 19.3. The van der Waals surface area contributed by atoms with Crippen molar-refractivity contribution in [1.29, 1.82) is 0 Å². The van der Waals surface area contributed by atoms with Crippen LogP contribution < -0.4 is 14.8 Å². The molecule has 0 saturated carbocycles. The Kier molecular flexibility index (Phi) is 3.86. The summed E-state index contributed by atoms with van der Waals surface area (Å²) in [5.41, 5.74) is 0.707. The van der Waals surface area contributed by atoms with Gasteiger partial charge in [-0.3, -0.25) is 0 Å². The summed E-state index contributed by atoms with van der Waals surface area (Å²) >= 11 is 0. The van der Waals surface area contributed by atoms with Gasteiger partial charge in [-0.25, -0.2) is 0 Å². The molecule has 1 aromatic carbocycles. The van der Waals surface area contributed by atoms with Gasteiger partial charge in [0.15, 0.2) is 11.5 Å². The number of aliphatic hydroxyl groups is 1. The summed E-state index contributed by atoms with van der Waals surface area (Å²) in [6, 6.07) is 4.60. The normalized spacial score (nSPS) is 15.7. The van der Waals surface area contributed by atoms with Crippen LogP contribution in [0.25, 0.3) is 0 Å². The van der Waals surface area contributed by atoms with E-state index in [0.717, 1.165) is 25.8 Å². The van der Waals surface area contributed by atoms with Crippen LogP contribution in [-0.4, -0.2) is 24.6 Å². The largest absolute Gasteiger partial charge is 0.586 e. The molecule has 0 amide bonds. The zero-order chi connectivity index (χ0) is 13.0. The predicted molar refractivity (Wildman–Crippen MR) is 62.1 cm³/mol. The van der Waals surface area contributed by atoms with Crippen molar-refractivity contribution in [1.82, 2.24) is 0 Å². The zero-order valence-corrected chi connectivity index (χ0v) is 9.79. The molecule has 2 N–H and O–H groups in total. The molecule has 0 aliphatic carbocycles. The molecule has 0 atom stereocenters. The molecule has 100 valence electrons. The molecule has 0 radical (unpaired) electrons. The number of hydrogen-bond acceptors (Lipinski definition) is 4. The van der Waals surface area contributed by atoms with Gasteiger partial charge >= 0.3 is 6.29 Å². The number of halogens is 2. The molecule has 0 spiro atoms. The highest BCUT2D eigenvalue weighted by Gasteiger charge is 2.43. The van der Waals surface area contributed by atoms with Crippen LogP contribution in [0.4, 0.5) is 14.5 Å². The second kappa shape index (κ2) is 5.39. The number of hydrogen-bond donors (Lipinski definition) is 2. The Morgan fingerprint density at radius 3 is 2.67 bits per heavy atom. The van der Waals surface area contributed by atoms with E-state index in [0.29, 0.717) is 5.69 Å². The molecule has 0 unspecified atom stereocenters. The molecule has 0 aromatic heterocycles. The minimum atomic E-state index is -3.57. The fourth-order valence-corrected chi connectivity index (χ4v) is 1.71. The quantitative estimate of drug-likeness (QED) is 0.771. The number of nitrogens with one attached hydrogen (secondary N) is 1. The maximum Gasteiger partial charge on any atom is 0.586 e. The maximum absolute atomic E-state index is 12.8. The lowest BCUT2D eigenvalue weighted by Gasteiger charge is -2.06. The number of anilines is 1. The predicted octanol–water partition coefficient (Wildman–Crippen LogP) is 2.58. The van der Waals surface area contributed by atoms with Crippen molar-refractivity contribution in [3.05, 3.63) is 18.2 Å². The Morgan fingerprint density at radius 1 is 1.11 bits per heavy atom. The van der Waals surface area contributed by atoms with Crippen LogP contribution in [0.2, 0.25) is 0 Å². The lowest BCUT2D eigenvalue weighted by atomic mass is 10.2. The van der Waals surface area contributed by atoms with Crippen molar-refractivity contribution < 1.29 is 23.4 Å². The highest BCUT2D eigenvalue weighted by molar-refractivity contribution is 5.55. The van der Waals surface area contributed by atoms with Crippen LogP contribution in [0, 0.1) is 0 Å². The third-order valence-electron chi connectivity index (χ3n) is 2.57. The van der Waals surface area contributed by atoms with Gasteiger partial charge < -0.3 is 19.9 Å². The Hall–Kier alpha value is -1.56. The van der Waals surface area contributed by atoms with Crippen molar-refractivity contribution in [2.75, 3.05) is 18.5 Å². The summed E-state index contributed by atoms with van der Waals surface area (Å²) in [6.45, 7) is 0.912. The number of fused-ring (bicyclic) bond motifs is 1. The topological polar surface area (TPSA) is 50.7 Å². The van der Waals surface area contributed by atoms with Gasteiger partial charge in [-0.15, -0.1) is 8.78 Å². The van der Waals surface area contributed by atoms with E-state index < -0.39 is 6.29 Å². The molecular formula is C12H15F2NO3. The molecule has 1 aromatic rings. The van der Waals surface area contributed by atoms with Gasteiger partial charge in [0, 0.05) is 24.9 Å². The Balaban J connectivity index is 1.85. The third-order valence-corrected chi connectivity index (χ3v) is 2.57. The molecule has 1 aliphatic heterocycles. The lowest BCUT2D eigenvalue weighted by molar-refractivity contribution is -0.286. The van der Waals surface area contributed by atoms with Crippen LogP contribution in [0.1, 0.15) is 19.3 Å². The van der Waals surface area contributed by atoms with Crippen molar-refractivity contribution in [2.45, 2.75) is 25.6 Å². The molecule has 4 nitrogen and oxygen atoms in total. The lowest BCUT2D eigenvalue weighted by Crippen LogP contribution is -2.25. The second-order valence-corrected chi connectivity index (χ2v) is 4.04. The summed E-state index contributed by atoms with van der Waals surface area (Å²) in [5, 5.41) is 11.7. The van der Waals surface area contributed by atoms with E-state index in [9.17, 15) is 8.78 Å². The summed E-state index contributed by atoms with van der Waals surface area (Å²) in [7, 11) is 0. The number of aliphatic hydroxyl groups excluding tert-OH is 1. The maximum atomic E-state index is 12.8. The molecular weight excluding hydrogens is 244 g/mol. The first-order chi connectivity index (χ1) is 8.61. The first-order valence-electron chi connectivity index (χ1n) is 5.85. The molecule has 18 heavy (non-hydrogen) atoms. The van der Waals surface area contributed by atoms with Gasteiger partial charge in [0.2, 0.25) is 0 Å². The van der Waals surface area contributed by atoms with Crippen LogP contribution >= 0.6 is 0 Å². The third kappa shape index (κ3) is 3.22. The minimum absolute atomic E-state index is 0.0420. The zero-order valence-electron chi connectivity index (χ0n) is 9.79. The Labute approximate surface area is 104 Å². The van der Waals surface area contributed by atoms with Gasteiger partial charge in [0.05, 0.1) is 0 Å². The number of rotatable bonds is 6. The smallest absolute Gasteiger partial charge is 0.396 e. The molecule has 1 heterocycles. The second-order valence-electron chi connectivity index (χ2n) is 4.04. The Morgan fingerprint density at radius 2 is 1.89 bits per heavy atom. The van der Waals surface area contributed by atoms with Crippen LogP contribution in [0.5, 0.6) is 11.5 Å². The summed E-state index contributed by atoms with van der Waals surface area (Å²) in [6.07, 6.45) is -0.964. The van der Waals surface area contributed by atoms with Crippen molar-refractivity contribution >= 4 is 5.69 Å². The van der Waals surface area contributed by atoms with Gasteiger partial charge in [0.25, 0.3) is 0 Å². The average Bonchev–Trinajstić information content (AvgIpc) is 2.62. The average molecular weight is 259 g/mol. The molecule has 6 heteroatoms. The molecule has 0 fully saturated rings. The number of alkyl halides is 2. The van der Waals surface area contributed by atoms with E-state index in [2.05, 4.69) is 14.8 Å². The fourth-order valence-electron chi connectivity index (χ4n) is 1.71.